The number of hydrogen-bond acceptors (Lipinski definition) is 4. The maximum absolute atomic E-state index is 12.1. The van der Waals surface area contributed by atoms with Gasteiger partial charge in [-0.05, 0) is 23.8 Å². The Hall–Kier alpha value is -2.53. The van der Waals surface area contributed by atoms with Crippen LogP contribution in [-0.2, 0) is 6.54 Å². The van der Waals surface area contributed by atoms with Gasteiger partial charge in [0, 0.05) is 41.6 Å². The van der Waals surface area contributed by atoms with E-state index in [1.165, 1.54) is 0 Å². The molecule has 3 rings (SSSR count). The van der Waals surface area contributed by atoms with E-state index in [2.05, 4.69) is 15.3 Å². The lowest BCUT2D eigenvalue weighted by atomic mass is 10.1. The number of nitrogens with zero attached hydrogens (tertiary/aromatic N) is 2. The molecule has 0 spiro atoms. The molecule has 1 aromatic carbocycles. The summed E-state index contributed by atoms with van der Waals surface area (Å²) in [6, 6.07) is 11.2. The van der Waals surface area contributed by atoms with Gasteiger partial charge in [-0.3, -0.25) is 9.78 Å². The SMILES string of the molecule is O=C(NCc1cccnc1)c1ccc(-c2nccs2)cc1. The normalized spacial score (nSPS) is 10.3. The van der Waals surface area contributed by atoms with Gasteiger partial charge in [-0.2, -0.15) is 0 Å². The maximum atomic E-state index is 12.1. The molecule has 0 saturated heterocycles. The molecule has 2 heterocycles. The van der Waals surface area contributed by atoms with E-state index in [0.717, 1.165) is 16.1 Å². The van der Waals surface area contributed by atoms with E-state index in [4.69, 9.17) is 0 Å². The number of pyridine rings is 1. The third-order valence-electron chi connectivity index (χ3n) is 3.00. The van der Waals surface area contributed by atoms with Gasteiger partial charge in [0.2, 0.25) is 0 Å². The third kappa shape index (κ3) is 3.32. The van der Waals surface area contributed by atoms with Crippen LogP contribution in [0.4, 0.5) is 0 Å². The Labute approximate surface area is 126 Å². The zero-order valence-corrected chi connectivity index (χ0v) is 12.0. The van der Waals surface area contributed by atoms with Crippen molar-refractivity contribution >= 4 is 17.2 Å². The molecule has 0 aliphatic rings. The van der Waals surface area contributed by atoms with Crippen molar-refractivity contribution in [1.82, 2.24) is 15.3 Å². The minimum absolute atomic E-state index is 0.0930. The molecular weight excluding hydrogens is 282 g/mol. The van der Waals surface area contributed by atoms with Gasteiger partial charge in [0.15, 0.2) is 0 Å². The number of benzene rings is 1. The second-order valence-corrected chi connectivity index (χ2v) is 5.35. The molecule has 104 valence electrons. The van der Waals surface area contributed by atoms with Gasteiger partial charge in [0.25, 0.3) is 5.91 Å². The summed E-state index contributed by atoms with van der Waals surface area (Å²) in [6.07, 6.45) is 5.23. The summed E-state index contributed by atoms with van der Waals surface area (Å²) < 4.78 is 0. The fourth-order valence-electron chi connectivity index (χ4n) is 1.92. The highest BCUT2D eigenvalue weighted by Gasteiger charge is 2.06. The van der Waals surface area contributed by atoms with Crippen LogP contribution in [-0.4, -0.2) is 15.9 Å². The van der Waals surface area contributed by atoms with Crippen LogP contribution in [0.5, 0.6) is 0 Å². The number of aromatic nitrogens is 2. The van der Waals surface area contributed by atoms with Crippen LogP contribution < -0.4 is 5.32 Å². The van der Waals surface area contributed by atoms with Gasteiger partial charge in [-0.15, -0.1) is 11.3 Å². The molecule has 0 fully saturated rings. The highest BCUT2D eigenvalue weighted by molar-refractivity contribution is 7.13. The summed E-state index contributed by atoms with van der Waals surface area (Å²) in [5.74, 6) is -0.0930. The Balaban J connectivity index is 1.65. The molecule has 4 nitrogen and oxygen atoms in total. The van der Waals surface area contributed by atoms with Crippen molar-refractivity contribution in [3.05, 3.63) is 71.5 Å². The predicted molar refractivity (Wildman–Crippen MR) is 83.0 cm³/mol. The van der Waals surface area contributed by atoms with Crippen molar-refractivity contribution in [2.45, 2.75) is 6.54 Å². The first-order valence-electron chi connectivity index (χ1n) is 6.50. The van der Waals surface area contributed by atoms with Crippen molar-refractivity contribution in [3.63, 3.8) is 0 Å². The number of rotatable bonds is 4. The minimum atomic E-state index is -0.0930. The molecule has 0 aliphatic carbocycles. The first-order chi connectivity index (χ1) is 10.3. The van der Waals surface area contributed by atoms with E-state index in [1.54, 1.807) is 29.9 Å². The second kappa shape index (κ2) is 6.28. The van der Waals surface area contributed by atoms with Crippen LogP contribution in [0.3, 0.4) is 0 Å². The first-order valence-corrected chi connectivity index (χ1v) is 7.38. The van der Waals surface area contributed by atoms with Gasteiger partial charge in [-0.25, -0.2) is 4.98 Å². The highest BCUT2D eigenvalue weighted by atomic mass is 32.1. The lowest BCUT2D eigenvalue weighted by Gasteiger charge is -2.05. The van der Waals surface area contributed by atoms with Crippen LogP contribution >= 0.6 is 11.3 Å². The molecule has 3 aromatic rings. The van der Waals surface area contributed by atoms with E-state index < -0.39 is 0 Å². The van der Waals surface area contributed by atoms with E-state index in [-0.39, 0.29) is 5.91 Å². The number of nitrogens with one attached hydrogen (secondary N) is 1. The van der Waals surface area contributed by atoms with E-state index >= 15 is 0 Å². The monoisotopic (exact) mass is 295 g/mol. The van der Waals surface area contributed by atoms with Gasteiger partial charge in [0.1, 0.15) is 5.01 Å². The largest absolute Gasteiger partial charge is 0.348 e. The number of hydrogen-bond donors (Lipinski definition) is 1. The summed E-state index contributed by atoms with van der Waals surface area (Å²) in [6.45, 7) is 0.473. The Kier molecular flexibility index (Phi) is 4.02. The van der Waals surface area contributed by atoms with Gasteiger partial charge in [-0.1, -0.05) is 18.2 Å². The van der Waals surface area contributed by atoms with Gasteiger partial charge < -0.3 is 5.32 Å². The Morgan fingerprint density at radius 2 is 2.00 bits per heavy atom. The second-order valence-electron chi connectivity index (χ2n) is 4.46. The minimum Gasteiger partial charge on any atom is -0.348 e. The summed E-state index contributed by atoms with van der Waals surface area (Å²) >= 11 is 1.58. The lowest BCUT2D eigenvalue weighted by molar-refractivity contribution is 0.0951. The third-order valence-corrected chi connectivity index (χ3v) is 3.82. The molecule has 0 unspecified atom stereocenters. The van der Waals surface area contributed by atoms with Crippen LogP contribution in [0.25, 0.3) is 10.6 Å². The predicted octanol–water partition coefficient (Wildman–Crippen LogP) is 3.14. The molecule has 0 aliphatic heterocycles. The maximum Gasteiger partial charge on any atom is 0.251 e. The molecule has 0 atom stereocenters. The molecule has 21 heavy (non-hydrogen) atoms. The average Bonchev–Trinajstić information content (AvgIpc) is 3.08. The Bertz CT molecular complexity index is 709. The molecule has 1 N–H and O–H groups in total. The summed E-state index contributed by atoms with van der Waals surface area (Å²) in [4.78, 5) is 20.3. The quantitative estimate of drug-likeness (QED) is 0.804. The Morgan fingerprint density at radius 3 is 2.67 bits per heavy atom. The zero-order valence-electron chi connectivity index (χ0n) is 11.2. The van der Waals surface area contributed by atoms with E-state index in [9.17, 15) is 4.79 Å². The van der Waals surface area contributed by atoms with Crippen LogP contribution in [0.15, 0.2) is 60.4 Å². The molecule has 1 amide bonds. The van der Waals surface area contributed by atoms with E-state index in [1.807, 2.05) is 41.8 Å². The molecule has 0 saturated carbocycles. The topological polar surface area (TPSA) is 54.9 Å². The number of thiazole rings is 1. The highest BCUT2D eigenvalue weighted by Crippen LogP contribution is 2.21. The van der Waals surface area contributed by atoms with Crippen LogP contribution in [0.1, 0.15) is 15.9 Å². The van der Waals surface area contributed by atoms with Crippen molar-refractivity contribution < 1.29 is 4.79 Å². The standard InChI is InChI=1S/C16H13N3OS/c20-15(19-11-12-2-1-7-17-10-12)13-3-5-14(6-4-13)16-18-8-9-21-16/h1-10H,11H2,(H,19,20). The van der Waals surface area contributed by atoms with Crippen molar-refractivity contribution in [1.29, 1.82) is 0 Å². The fraction of sp³-hybridized carbons (Fsp3) is 0.0625. The van der Waals surface area contributed by atoms with Crippen molar-refractivity contribution in [2.24, 2.45) is 0 Å². The first kappa shape index (κ1) is 13.5. The lowest BCUT2D eigenvalue weighted by Crippen LogP contribution is -2.22. The van der Waals surface area contributed by atoms with Crippen molar-refractivity contribution in [2.75, 3.05) is 0 Å². The number of carbonyl (C=O) groups is 1. The molecule has 2 aromatic heterocycles. The zero-order chi connectivity index (χ0) is 14.5. The van der Waals surface area contributed by atoms with Crippen LogP contribution in [0.2, 0.25) is 0 Å². The molecular formula is C16H13N3OS. The summed E-state index contributed by atoms with van der Waals surface area (Å²) in [5.41, 5.74) is 2.64. The van der Waals surface area contributed by atoms with Crippen LogP contribution in [0, 0.1) is 0 Å². The molecule has 0 bridgehead atoms. The van der Waals surface area contributed by atoms with Crippen molar-refractivity contribution in [3.8, 4) is 10.6 Å². The summed E-state index contributed by atoms with van der Waals surface area (Å²) in [7, 11) is 0. The average molecular weight is 295 g/mol. The number of amides is 1. The van der Waals surface area contributed by atoms with E-state index in [0.29, 0.717) is 12.1 Å². The van der Waals surface area contributed by atoms with Gasteiger partial charge >= 0.3 is 0 Å². The van der Waals surface area contributed by atoms with Gasteiger partial charge in [0.05, 0.1) is 0 Å². The number of carbonyl (C=O) groups excluding carboxylic acids is 1. The summed E-state index contributed by atoms with van der Waals surface area (Å²) in [5, 5.41) is 5.77. The smallest absolute Gasteiger partial charge is 0.251 e. The Morgan fingerprint density at radius 1 is 1.14 bits per heavy atom. The fourth-order valence-corrected chi connectivity index (χ4v) is 2.56. The molecule has 5 heteroatoms. The molecule has 0 radical (unpaired) electrons.